The molecule has 0 bridgehead atoms. The number of aliphatic carboxylic acids is 1. The van der Waals surface area contributed by atoms with Crippen molar-refractivity contribution in [3.8, 4) is 17.2 Å². The normalized spacial score (nSPS) is 11.9. The maximum absolute atomic E-state index is 14.5. The van der Waals surface area contributed by atoms with Crippen LogP contribution < -0.4 is 24.6 Å². The third kappa shape index (κ3) is 15.5. The number of carboxylic acids is 1. The average molecular weight is 935 g/mol. The van der Waals surface area contributed by atoms with E-state index in [1.165, 1.54) is 6.07 Å². The molecule has 7 aromatic rings. The Morgan fingerprint density at radius 3 is 1.40 bits per heavy atom. The maximum atomic E-state index is 14.5. The number of carboxylic acid groups (broad SMARTS) is 1. The predicted octanol–water partition coefficient (Wildman–Crippen LogP) is 10.4. The van der Waals surface area contributed by atoms with E-state index in [-0.39, 0.29) is 50.8 Å². The number of rotatable bonds is 24. The molecule has 2 unspecified atom stereocenters. The van der Waals surface area contributed by atoms with Gasteiger partial charge in [0.05, 0.1) is 13.2 Å². The Hall–Kier alpha value is -7.70. The molecule has 0 saturated heterocycles. The molecular weight excluding hydrogens is 884 g/mol. The first kappa shape index (κ1) is 48.2. The zero-order valence-electron chi connectivity index (χ0n) is 37.1. The summed E-state index contributed by atoms with van der Waals surface area (Å²) in [6, 6.07) is 55.3. The van der Waals surface area contributed by atoms with Crippen LogP contribution in [0.3, 0.4) is 0 Å². The van der Waals surface area contributed by atoms with Crippen molar-refractivity contribution in [2.24, 2.45) is 0 Å². The van der Waals surface area contributed by atoms with E-state index in [9.17, 15) is 24.1 Å². The van der Waals surface area contributed by atoms with Gasteiger partial charge in [-0.3, -0.25) is 13.8 Å². The molecule has 68 heavy (non-hydrogen) atoms. The fraction of sp³-hybridized carbons (Fsp3) is 0.167. The highest BCUT2D eigenvalue weighted by atomic mass is 31.2. The molecule has 0 aliphatic heterocycles. The minimum atomic E-state index is -4.36. The van der Waals surface area contributed by atoms with Gasteiger partial charge < -0.3 is 34.5 Å². The average Bonchev–Trinajstić information content (AvgIpc) is 3.37. The SMILES string of the molecule is O=C(NC(Cc1ccc(OP(=O)(OCc2ccccc2)OCc2ccccc2)c(OCc2ccccc2)c1)C(=O)NC(Cc1ccc(OCc2ccccc2)cc1)C(=O)O)OCc1ccccc1. The van der Waals surface area contributed by atoms with Crippen LogP contribution in [0, 0.1) is 0 Å². The molecule has 0 aromatic heterocycles. The van der Waals surface area contributed by atoms with Crippen molar-refractivity contribution in [2.75, 3.05) is 0 Å². The number of phosphoric acid groups is 1. The summed E-state index contributed by atoms with van der Waals surface area (Å²) in [5.41, 5.74) is 5.11. The second kappa shape index (κ2) is 24.7. The summed E-state index contributed by atoms with van der Waals surface area (Å²) >= 11 is 0. The highest BCUT2D eigenvalue weighted by Gasteiger charge is 2.32. The van der Waals surface area contributed by atoms with Crippen LogP contribution in [-0.4, -0.2) is 35.2 Å². The molecule has 0 radical (unpaired) electrons. The minimum Gasteiger partial charge on any atom is -0.489 e. The van der Waals surface area contributed by atoms with Gasteiger partial charge in [0, 0.05) is 12.8 Å². The van der Waals surface area contributed by atoms with E-state index in [4.69, 9.17) is 27.8 Å². The number of alkyl carbamates (subject to hydrolysis) is 1. The highest BCUT2D eigenvalue weighted by Crippen LogP contribution is 2.53. The first-order chi connectivity index (χ1) is 33.2. The van der Waals surface area contributed by atoms with Gasteiger partial charge in [-0.2, -0.15) is 0 Å². The lowest BCUT2D eigenvalue weighted by molar-refractivity contribution is -0.142. The molecule has 14 heteroatoms. The van der Waals surface area contributed by atoms with Crippen molar-refractivity contribution in [1.82, 2.24) is 10.6 Å². The van der Waals surface area contributed by atoms with Crippen molar-refractivity contribution in [3.05, 3.63) is 233 Å². The van der Waals surface area contributed by atoms with Crippen molar-refractivity contribution >= 4 is 25.8 Å². The zero-order chi connectivity index (χ0) is 47.4. The number of benzene rings is 7. The maximum Gasteiger partial charge on any atom is 0.530 e. The smallest absolute Gasteiger partial charge is 0.489 e. The van der Waals surface area contributed by atoms with E-state index in [0.29, 0.717) is 23.5 Å². The van der Waals surface area contributed by atoms with Crippen molar-refractivity contribution in [2.45, 2.75) is 58.0 Å². The third-order valence-electron chi connectivity index (χ3n) is 10.4. The van der Waals surface area contributed by atoms with Gasteiger partial charge in [-0.1, -0.05) is 170 Å². The largest absolute Gasteiger partial charge is 0.530 e. The van der Waals surface area contributed by atoms with Gasteiger partial charge in [0.1, 0.15) is 37.7 Å². The lowest BCUT2D eigenvalue weighted by Crippen LogP contribution is -2.53. The van der Waals surface area contributed by atoms with Gasteiger partial charge in [0.2, 0.25) is 5.91 Å². The van der Waals surface area contributed by atoms with Gasteiger partial charge >= 0.3 is 19.9 Å². The minimum absolute atomic E-state index is 0.0211. The van der Waals surface area contributed by atoms with Crippen LogP contribution in [-0.2, 0) is 73.8 Å². The topological polar surface area (TPSA) is 168 Å². The Labute approximate surface area is 395 Å². The van der Waals surface area contributed by atoms with Crippen molar-refractivity contribution in [1.29, 1.82) is 0 Å². The van der Waals surface area contributed by atoms with Crippen LogP contribution in [0.4, 0.5) is 4.79 Å². The molecule has 2 amide bonds. The van der Waals surface area contributed by atoms with Gasteiger partial charge in [0.15, 0.2) is 11.5 Å². The molecule has 13 nitrogen and oxygen atoms in total. The predicted molar refractivity (Wildman–Crippen MR) is 256 cm³/mol. The first-order valence-corrected chi connectivity index (χ1v) is 23.3. The Morgan fingerprint density at radius 1 is 0.456 bits per heavy atom. The standard InChI is InChI=1S/C54H51N2O11P/c57-52(55-49(53(58)59)32-40-26-29-47(30-27-40)62-35-41-16-6-1-7-17-41)48(56-54(60)64-37-43-20-10-3-11-21-43)33-46-28-31-50(51(34-46)63-36-42-18-8-2-9-19-42)67-68(61,65-38-44-22-12-4-13-23-44)66-39-45-24-14-5-15-25-45/h1-31,34,48-49H,32-33,35-39H2,(H,55,57)(H,56,60)(H,58,59). The number of amides is 2. The molecule has 0 aliphatic carbocycles. The third-order valence-corrected chi connectivity index (χ3v) is 11.7. The molecule has 0 heterocycles. The van der Waals surface area contributed by atoms with E-state index in [0.717, 1.165) is 27.8 Å². The molecule has 0 fully saturated rings. The molecule has 3 N–H and O–H groups in total. The molecule has 348 valence electrons. The van der Waals surface area contributed by atoms with E-state index in [2.05, 4.69) is 10.6 Å². The quantitative estimate of drug-likeness (QED) is 0.0493. The van der Waals surface area contributed by atoms with Crippen LogP contribution in [0.1, 0.15) is 38.9 Å². The second-order valence-corrected chi connectivity index (χ2v) is 17.2. The van der Waals surface area contributed by atoms with E-state index in [1.54, 1.807) is 60.7 Å². The Balaban J connectivity index is 1.12. The molecule has 0 saturated carbocycles. The Kier molecular flexibility index (Phi) is 17.5. The zero-order valence-corrected chi connectivity index (χ0v) is 38.0. The van der Waals surface area contributed by atoms with Gasteiger partial charge in [-0.15, -0.1) is 0 Å². The summed E-state index contributed by atoms with van der Waals surface area (Å²) in [6.45, 7) is 0.195. The lowest BCUT2D eigenvalue weighted by Gasteiger charge is -2.23. The van der Waals surface area contributed by atoms with Crippen molar-refractivity contribution in [3.63, 3.8) is 0 Å². The number of hydrogen-bond donors (Lipinski definition) is 3. The molecule has 2 atom stereocenters. The van der Waals surface area contributed by atoms with Gasteiger partial charge in [-0.25, -0.2) is 14.2 Å². The molecular formula is C54H51N2O11P. The number of nitrogens with one attached hydrogen (secondary N) is 2. The molecule has 7 rings (SSSR count). The number of hydrogen-bond acceptors (Lipinski definition) is 10. The highest BCUT2D eigenvalue weighted by molar-refractivity contribution is 7.48. The Bertz CT molecular complexity index is 2670. The summed E-state index contributed by atoms with van der Waals surface area (Å²) < 4.78 is 50.1. The van der Waals surface area contributed by atoms with Gasteiger partial charge in [-0.05, 0) is 63.2 Å². The molecule has 7 aromatic carbocycles. The van der Waals surface area contributed by atoms with Crippen LogP contribution in [0.15, 0.2) is 194 Å². The summed E-state index contributed by atoms with van der Waals surface area (Å²) in [5, 5.41) is 15.6. The van der Waals surface area contributed by atoms with E-state index >= 15 is 0 Å². The van der Waals surface area contributed by atoms with Gasteiger partial charge in [0.25, 0.3) is 0 Å². The van der Waals surface area contributed by atoms with Crippen LogP contribution >= 0.6 is 7.82 Å². The number of ether oxygens (including phenoxy) is 3. The summed E-state index contributed by atoms with van der Waals surface area (Å²) in [7, 11) is -4.36. The van der Waals surface area contributed by atoms with Crippen LogP contribution in [0.25, 0.3) is 0 Å². The van der Waals surface area contributed by atoms with E-state index < -0.39 is 37.9 Å². The first-order valence-electron chi connectivity index (χ1n) is 21.9. The fourth-order valence-corrected chi connectivity index (χ4v) is 7.98. The van der Waals surface area contributed by atoms with Crippen molar-refractivity contribution < 1.29 is 51.8 Å². The summed E-state index contributed by atoms with van der Waals surface area (Å²) in [6.07, 6.45) is -1.12. The summed E-state index contributed by atoms with van der Waals surface area (Å²) in [5.74, 6) is -1.31. The summed E-state index contributed by atoms with van der Waals surface area (Å²) in [4.78, 5) is 40.1. The number of carbonyl (C=O) groups is 3. The number of carbonyl (C=O) groups excluding carboxylic acids is 2. The second-order valence-electron chi connectivity index (χ2n) is 15.6. The van der Waals surface area contributed by atoms with Crippen LogP contribution in [0.5, 0.6) is 17.2 Å². The molecule has 0 aliphatic rings. The van der Waals surface area contributed by atoms with E-state index in [1.807, 2.05) is 127 Å². The monoisotopic (exact) mass is 934 g/mol. The lowest BCUT2D eigenvalue weighted by atomic mass is 10.0. The van der Waals surface area contributed by atoms with Crippen LogP contribution in [0.2, 0.25) is 0 Å². The molecule has 0 spiro atoms. The Morgan fingerprint density at radius 2 is 0.897 bits per heavy atom. The number of phosphoric ester groups is 1. The fourth-order valence-electron chi connectivity index (χ4n) is 6.79.